The SMILES string of the molecule is CC(C)(C)OC(=O)CN1CCN(c2cccc3c2CCN3)CC1.O=C1CCCC(=O)N1. The molecule has 0 aromatic heterocycles. The summed E-state index contributed by atoms with van der Waals surface area (Å²) in [5, 5.41) is 5.64. The van der Waals surface area contributed by atoms with Gasteiger partial charge in [0.1, 0.15) is 5.60 Å². The summed E-state index contributed by atoms with van der Waals surface area (Å²) in [5.74, 6) is -0.404. The van der Waals surface area contributed by atoms with Gasteiger partial charge in [-0.1, -0.05) is 6.07 Å². The van der Waals surface area contributed by atoms with Gasteiger partial charge in [0.25, 0.3) is 0 Å². The summed E-state index contributed by atoms with van der Waals surface area (Å²) in [6, 6.07) is 6.50. The third-order valence-electron chi connectivity index (χ3n) is 5.41. The van der Waals surface area contributed by atoms with E-state index in [0.29, 0.717) is 25.8 Å². The highest BCUT2D eigenvalue weighted by atomic mass is 16.6. The minimum absolute atomic E-state index is 0.129. The van der Waals surface area contributed by atoms with Crippen LogP contribution in [0.3, 0.4) is 0 Å². The molecule has 170 valence electrons. The maximum Gasteiger partial charge on any atom is 0.320 e. The fourth-order valence-corrected chi connectivity index (χ4v) is 4.01. The number of ether oxygens (including phenoxy) is 1. The number of fused-ring (bicyclic) bond motifs is 1. The molecule has 0 radical (unpaired) electrons. The lowest BCUT2D eigenvalue weighted by Crippen LogP contribution is -2.48. The van der Waals surface area contributed by atoms with Gasteiger partial charge in [0.15, 0.2) is 0 Å². The minimum Gasteiger partial charge on any atom is -0.459 e. The van der Waals surface area contributed by atoms with Crippen LogP contribution >= 0.6 is 0 Å². The molecule has 3 aliphatic rings. The summed E-state index contributed by atoms with van der Waals surface area (Å²) in [6.07, 6.45) is 2.83. The minimum atomic E-state index is -0.406. The fraction of sp³-hybridized carbons (Fsp3) is 0.609. The zero-order valence-electron chi connectivity index (χ0n) is 18.8. The summed E-state index contributed by atoms with van der Waals surface area (Å²) in [4.78, 5) is 37.3. The molecule has 0 bridgehead atoms. The highest BCUT2D eigenvalue weighted by Crippen LogP contribution is 2.32. The average Bonchev–Trinajstić information content (AvgIpc) is 3.16. The second-order valence-electron chi connectivity index (χ2n) is 9.15. The van der Waals surface area contributed by atoms with E-state index in [-0.39, 0.29) is 17.8 Å². The number of imide groups is 1. The van der Waals surface area contributed by atoms with Crippen molar-refractivity contribution >= 4 is 29.2 Å². The van der Waals surface area contributed by atoms with E-state index >= 15 is 0 Å². The third kappa shape index (κ3) is 6.95. The molecule has 2 amide bonds. The molecule has 4 rings (SSSR count). The molecule has 2 saturated heterocycles. The zero-order chi connectivity index (χ0) is 22.4. The molecule has 2 fully saturated rings. The van der Waals surface area contributed by atoms with Gasteiger partial charge in [0.2, 0.25) is 11.8 Å². The Morgan fingerprint density at radius 2 is 1.71 bits per heavy atom. The number of benzene rings is 1. The number of hydrogen-bond acceptors (Lipinski definition) is 7. The predicted molar refractivity (Wildman–Crippen MR) is 120 cm³/mol. The van der Waals surface area contributed by atoms with Crippen molar-refractivity contribution in [3.63, 3.8) is 0 Å². The van der Waals surface area contributed by atoms with Crippen LogP contribution in [-0.2, 0) is 25.5 Å². The lowest BCUT2D eigenvalue weighted by molar-refractivity contribution is -0.156. The van der Waals surface area contributed by atoms with Crippen LogP contribution in [0.2, 0.25) is 0 Å². The van der Waals surface area contributed by atoms with Crippen molar-refractivity contribution in [3.8, 4) is 0 Å². The first-order valence-corrected chi connectivity index (χ1v) is 11.1. The Morgan fingerprint density at radius 1 is 1.03 bits per heavy atom. The number of piperazine rings is 1. The Balaban J connectivity index is 0.000000287. The Morgan fingerprint density at radius 3 is 2.29 bits per heavy atom. The van der Waals surface area contributed by atoms with Crippen LogP contribution in [0.1, 0.15) is 45.6 Å². The van der Waals surface area contributed by atoms with Gasteiger partial charge < -0.3 is 15.0 Å². The molecule has 3 heterocycles. The first-order chi connectivity index (χ1) is 14.7. The number of amides is 2. The first-order valence-electron chi connectivity index (χ1n) is 11.1. The molecule has 0 saturated carbocycles. The van der Waals surface area contributed by atoms with E-state index in [4.69, 9.17) is 4.74 Å². The summed E-state index contributed by atoms with van der Waals surface area (Å²) >= 11 is 0. The van der Waals surface area contributed by atoms with Crippen molar-refractivity contribution in [2.45, 2.75) is 52.1 Å². The van der Waals surface area contributed by atoms with Crippen LogP contribution in [0.25, 0.3) is 0 Å². The first kappa shape index (κ1) is 23.1. The molecule has 0 aliphatic carbocycles. The van der Waals surface area contributed by atoms with Gasteiger partial charge in [0, 0.05) is 62.5 Å². The highest BCUT2D eigenvalue weighted by molar-refractivity contribution is 5.97. The molecular formula is C23H34N4O4. The van der Waals surface area contributed by atoms with E-state index in [9.17, 15) is 14.4 Å². The molecule has 2 N–H and O–H groups in total. The van der Waals surface area contributed by atoms with Crippen molar-refractivity contribution in [2.24, 2.45) is 0 Å². The van der Waals surface area contributed by atoms with Crippen LogP contribution < -0.4 is 15.5 Å². The van der Waals surface area contributed by atoms with Crippen molar-refractivity contribution < 1.29 is 19.1 Å². The molecule has 0 spiro atoms. The standard InChI is InChI=1S/C18H27N3O2.C5H7NO2/c1-18(2,3)23-17(22)13-20-9-11-21(12-10-20)16-6-4-5-15-14(16)7-8-19-15;7-4-2-1-3-5(8)6-4/h4-6,19H,7-13H2,1-3H3;1-3H2,(H,6,7,8). The fourth-order valence-electron chi connectivity index (χ4n) is 4.01. The average molecular weight is 431 g/mol. The normalized spacial score (nSPS) is 19.0. The lowest BCUT2D eigenvalue weighted by Gasteiger charge is -2.36. The number of rotatable bonds is 3. The molecule has 8 heteroatoms. The second-order valence-corrected chi connectivity index (χ2v) is 9.15. The number of esters is 1. The monoisotopic (exact) mass is 430 g/mol. The highest BCUT2D eigenvalue weighted by Gasteiger charge is 2.25. The summed E-state index contributed by atoms with van der Waals surface area (Å²) < 4.78 is 5.41. The quantitative estimate of drug-likeness (QED) is 0.559. The van der Waals surface area contributed by atoms with Crippen molar-refractivity contribution in [2.75, 3.05) is 49.5 Å². The van der Waals surface area contributed by atoms with E-state index < -0.39 is 5.60 Å². The topological polar surface area (TPSA) is 91.0 Å². The molecular weight excluding hydrogens is 396 g/mol. The van der Waals surface area contributed by atoms with Gasteiger partial charge in [-0.15, -0.1) is 0 Å². The Bertz CT molecular complexity index is 796. The maximum absolute atomic E-state index is 11.9. The van der Waals surface area contributed by atoms with E-state index in [1.165, 1.54) is 16.9 Å². The van der Waals surface area contributed by atoms with Crippen LogP contribution in [0.15, 0.2) is 18.2 Å². The molecule has 8 nitrogen and oxygen atoms in total. The summed E-state index contributed by atoms with van der Waals surface area (Å²) in [7, 11) is 0. The number of carbonyl (C=O) groups excluding carboxylic acids is 3. The maximum atomic E-state index is 11.9. The third-order valence-corrected chi connectivity index (χ3v) is 5.41. The van der Waals surface area contributed by atoms with Crippen molar-refractivity contribution in [1.29, 1.82) is 0 Å². The predicted octanol–water partition coefficient (Wildman–Crippen LogP) is 1.93. The van der Waals surface area contributed by atoms with E-state index in [0.717, 1.165) is 39.1 Å². The Hall–Kier alpha value is -2.61. The van der Waals surface area contributed by atoms with E-state index in [2.05, 4.69) is 38.6 Å². The molecule has 0 unspecified atom stereocenters. The van der Waals surface area contributed by atoms with Gasteiger partial charge in [-0.25, -0.2) is 0 Å². The van der Waals surface area contributed by atoms with E-state index in [1.54, 1.807) is 0 Å². The molecule has 1 aromatic rings. The number of nitrogens with zero attached hydrogens (tertiary/aromatic N) is 2. The second kappa shape index (κ2) is 10.1. The molecule has 0 atom stereocenters. The summed E-state index contributed by atoms with van der Waals surface area (Å²) in [6.45, 7) is 10.9. The smallest absolute Gasteiger partial charge is 0.320 e. The number of anilines is 2. The van der Waals surface area contributed by atoms with Crippen LogP contribution in [0.5, 0.6) is 0 Å². The van der Waals surface area contributed by atoms with Gasteiger partial charge >= 0.3 is 5.97 Å². The summed E-state index contributed by atoms with van der Waals surface area (Å²) in [5.41, 5.74) is 3.66. The van der Waals surface area contributed by atoms with Gasteiger partial charge in [0.05, 0.1) is 6.54 Å². The Kier molecular flexibility index (Phi) is 7.54. The van der Waals surface area contributed by atoms with E-state index in [1.807, 2.05) is 20.8 Å². The molecule has 3 aliphatic heterocycles. The number of piperidine rings is 1. The van der Waals surface area contributed by atoms with Gasteiger partial charge in [-0.05, 0) is 45.7 Å². The Labute approximate surface area is 184 Å². The lowest BCUT2D eigenvalue weighted by atomic mass is 10.1. The van der Waals surface area contributed by atoms with Gasteiger partial charge in [-0.2, -0.15) is 0 Å². The van der Waals surface area contributed by atoms with Crippen LogP contribution in [0.4, 0.5) is 11.4 Å². The molecule has 31 heavy (non-hydrogen) atoms. The zero-order valence-corrected chi connectivity index (χ0v) is 18.8. The van der Waals surface area contributed by atoms with Crippen LogP contribution in [0, 0.1) is 0 Å². The van der Waals surface area contributed by atoms with Crippen molar-refractivity contribution in [1.82, 2.24) is 10.2 Å². The van der Waals surface area contributed by atoms with Crippen molar-refractivity contribution in [3.05, 3.63) is 23.8 Å². The van der Waals surface area contributed by atoms with Crippen LogP contribution in [-0.4, -0.2) is 67.6 Å². The van der Waals surface area contributed by atoms with Gasteiger partial charge in [-0.3, -0.25) is 24.6 Å². The molecule has 1 aromatic carbocycles. The number of hydrogen-bond donors (Lipinski definition) is 2. The number of nitrogens with one attached hydrogen (secondary N) is 2. The largest absolute Gasteiger partial charge is 0.459 e. The number of carbonyl (C=O) groups is 3.